The number of hydrogen-bond donors (Lipinski definition) is 2. The number of H-pyrrole nitrogens is 1. The molecule has 1 saturated heterocycles. The molecule has 28 heavy (non-hydrogen) atoms. The zero-order valence-electron chi connectivity index (χ0n) is 16.4. The zero-order valence-corrected chi connectivity index (χ0v) is 17.1. The van der Waals surface area contributed by atoms with Crippen molar-refractivity contribution in [2.24, 2.45) is 0 Å². The van der Waals surface area contributed by atoms with E-state index in [0.717, 1.165) is 18.4 Å². The van der Waals surface area contributed by atoms with Gasteiger partial charge in [0.15, 0.2) is 0 Å². The van der Waals surface area contributed by atoms with E-state index in [4.69, 9.17) is 21.1 Å². The first kappa shape index (κ1) is 20.4. The van der Waals surface area contributed by atoms with Gasteiger partial charge in [0.25, 0.3) is 5.91 Å². The molecular weight excluding hydrogens is 380 g/mol. The van der Waals surface area contributed by atoms with Crippen molar-refractivity contribution >= 4 is 23.5 Å². The lowest BCUT2D eigenvalue weighted by Crippen LogP contribution is -2.44. The largest absolute Gasteiger partial charge is 0.465 e. The second kappa shape index (κ2) is 8.37. The molecule has 2 N–H and O–H groups in total. The van der Waals surface area contributed by atoms with Gasteiger partial charge in [0.1, 0.15) is 5.69 Å². The van der Waals surface area contributed by atoms with E-state index in [1.807, 2.05) is 24.3 Å². The van der Waals surface area contributed by atoms with Crippen molar-refractivity contribution in [3.05, 3.63) is 57.4 Å². The van der Waals surface area contributed by atoms with Crippen molar-refractivity contribution < 1.29 is 19.1 Å². The highest BCUT2D eigenvalue weighted by Crippen LogP contribution is 2.35. The van der Waals surface area contributed by atoms with Gasteiger partial charge in [-0.1, -0.05) is 23.7 Å². The van der Waals surface area contributed by atoms with Crippen LogP contribution in [0.5, 0.6) is 0 Å². The number of carbonyl (C=O) groups excluding carboxylic acids is 2. The summed E-state index contributed by atoms with van der Waals surface area (Å²) in [4.78, 5) is 27.8. The molecule has 2 heterocycles. The maximum Gasteiger partial charge on any atom is 0.339 e. The maximum absolute atomic E-state index is 12.9. The second-order valence-electron chi connectivity index (χ2n) is 7.20. The number of aromatic nitrogens is 1. The monoisotopic (exact) mass is 404 g/mol. The quantitative estimate of drug-likeness (QED) is 0.747. The molecule has 0 radical (unpaired) electrons. The number of carbonyl (C=O) groups is 2. The standard InChI is InChI=1S/C21H25ClN2O4/c1-13-17(20(26)27-3)14(2)24-18(13)19(25)23-12-21(8-10-28-11-9-21)15-4-6-16(22)7-5-15/h4-7,24H,8-12H2,1-3H3,(H,23,25). The summed E-state index contributed by atoms with van der Waals surface area (Å²) in [5, 5.41) is 3.73. The van der Waals surface area contributed by atoms with Gasteiger partial charge >= 0.3 is 5.97 Å². The number of esters is 1. The number of hydrogen-bond acceptors (Lipinski definition) is 4. The van der Waals surface area contributed by atoms with Crippen molar-refractivity contribution in [1.82, 2.24) is 10.3 Å². The molecule has 1 aromatic heterocycles. The Morgan fingerprint density at radius 1 is 1.21 bits per heavy atom. The lowest BCUT2D eigenvalue weighted by Gasteiger charge is -2.38. The molecule has 1 aliphatic rings. The fraction of sp³-hybridized carbons (Fsp3) is 0.429. The molecule has 1 amide bonds. The third-order valence-electron chi connectivity index (χ3n) is 5.55. The third-order valence-corrected chi connectivity index (χ3v) is 5.80. The number of ether oxygens (including phenoxy) is 2. The minimum absolute atomic E-state index is 0.209. The van der Waals surface area contributed by atoms with Gasteiger partial charge in [-0.3, -0.25) is 4.79 Å². The molecule has 0 atom stereocenters. The Hall–Kier alpha value is -2.31. The Balaban J connectivity index is 1.81. The average molecular weight is 405 g/mol. The first-order chi connectivity index (χ1) is 13.4. The van der Waals surface area contributed by atoms with Crippen LogP contribution in [0.25, 0.3) is 0 Å². The second-order valence-corrected chi connectivity index (χ2v) is 7.64. The predicted molar refractivity (Wildman–Crippen MR) is 107 cm³/mol. The van der Waals surface area contributed by atoms with E-state index >= 15 is 0 Å². The maximum atomic E-state index is 12.9. The van der Waals surface area contributed by atoms with Crippen molar-refractivity contribution in [2.75, 3.05) is 26.9 Å². The van der Waals surface area contributed by atoms with Crippen LogP contribution in [0.4, 0.5) is 0 Å². The fourth-order valence-electron chi connectivity index (χ4n) is 3.86. The van der Waals surface area contributed by atoms with Gasteiger partial charge in [-0.05, 0) is 49.9 Å². The molecule has 0 unspecified atom stereocenters. The molecule has 6 nitrogen and oxygen atoms in total. The van der Waals surface area contributed by atoms with Gasteiger partial charge in [0.05, 0.1) is 12.7 Å². The summed E-state index contributed by atoms with van der Waals surface area (Å²) in [6.45, 7) is 5.26. The highest BCUT2D eigenvalue weighted by molar-refractivity contribution is 6.30. The molecular formula is C21H25ClN2O4. The Morgan fingerprint density at radius 3 is 2.46 bits per heavy atom. The Morgan fingerprint density at radius 2 is 1.86 bits per heavy atom. The molecule has 1 aliphatic heterocycles. The number of nitrogens with one attached hydrogen (secondary N) is 2. The van der Waals surface area contributed by atoms with E-state index in [-0.39, 0.29) is 11.3 Å². The molecule has 2 aromatic rings. The number of aryl methyl sites for hydroxylation is 1. The number of methoxy groups -OCH3 is 1. The highest BCUT2D eigenvalue weighted by Gasteiger charge is 2.35. The van der Waals surface area contributed by atoms with E-state index in [1.54, 1.807) is 13.8 Å². The lowest BCUT2D eigenvalue weighted by molar-refractivity contribution is 0.0486. The fourth-order valence-corrected chi connectivity index (χ4v) is 3.98. The smallest absolute Gasteiger partial charge is 0.339 e. The highest BCUT2D eigenvalue weighted by atomic mass is 35.5. The van der Waals surface area contributed by atoms with Gasteiger partial charge in [0.2, 0.25) is 0 Å². The number of benzene rings is 1. The minimum atomic E-state index is -0.452. The minimum Gasteiger partial charge on any atom is -0.465 e. The third kappa shape index (κ3) is 3.93. The topological polar surface area (TPSA) is 80.4 Å². The van der Waals surface area contributed by atoms with Crippen LogP contribution >= 0.6 is 11.6 Å². The normalized spacial score (nSPS) is 15.9. The molecule has 0 spiro atoms. The summed E-state index contributed by atoms with van der Waals surface area (Å²) in [5.41, 5.74) is 2.93. The Kier molecular flexibility index (Phi) is 6.10. The van der Waals surface area contributed by atoms with Crippen molar-refractivity contribution in [3.63, 3.8) is 0 Å². The number of amides is 1. The number of rotatable bonds is 5. The van der Waals surface area contributed by atoms with Crippen LogP contribution in [-0.2, 0) is 14.9 Å². The van der Waals surface area contributed by atoms with Crippen molar-refractivity contribution in [2.45, 2.75) is 32.1 Å². The van der Waals surface area contributed by atoms with Gasteiger partial charge in [-0.15, -0.1) is 0 Å². The molecule has 1 fully saturated rings. The first-order valence-electron chi connectivity index (χ1n) is 9.27. The Labute approximate surface area is 169 Å². The molecule has 0 bridgehead atoms. The summed E-state index contributed by atoms with van der Waals surface area (Å²) in [5.74, 6) is -0.692. The van der Waals surface area contributed by atoms with Crippen LogP contribution in [0, 0.1) is 13.8 Å². The summed E-state index contributed by atoms with van der Waals surface area (Å²) in [6.07, 6.45) is 1.62. The lowest BCUT2D eigenvalue weighted by atomic mass is 9.74. The van der Waals surface area contributed by atoms with Crippen LogP contribution in [-0.4, -0.2) is 43.7 Å². The van der Waals surface area contributed by atoms with E-state index in [0.29, 0.717) is 47.3 Å². The van der Waals surface area contributed by atoms with Crippen LogP contribution in [0.2, 0.25) is 5.02 Å². The van der Waals surface area contributed by atoms with Crippen LogP contribution in [0.3, 0.4) is 0 Å². The Bertz CT molecular complexity index is 867. The van der Waals surface area contributed by atoms with E-state index in [2.05, 4.69) is 10.3 Å². The van der Waals surface area contributed by atoms with Gasteiger partial charge in [-0.2, -0.15) is 0 Å². The van der Waals surface area contributed by atoms with Crippen molar-refractivity contribution in [3.8, 4) is 0 Å². The summed E-state index contributed by atoms with van der Waals surface area (Å²) in [7, 11) is 1.33. The van der Waals surface area contributed by atoms with Crippen molar-refractivity contribution in [1.29, 1.82) is 0 Å². The SMILES string of the molecule is COC(=O)c1c(C)[nH]c(C(=O)NCC2(c3ccc(Cl)cc3)CCOCC2)c1C. The van der Waals surface area contributed by atoms with Crippen LogP contribution in [0.15, 0.2) is 24.3 Å². The molecule has 150 valence electrons. The molecule has 3 rings (SSSR count). The van der Waals surface area contributed by atoms with Crippen LogP contribution < -0.4 is 5.32 Å². The van der Waals surface area contributed by atoms with Gasteiger partial charge < -0.3 is 19.8 Å². The summed E-state index contributed by atoms with van der Waals surface area (Å²) < 4.78 is 10.4. The molecule has 0 saturated carbocycles. The van der Waals surface area contributed by atoms with E-state index < -0.39 is 5.97 Å². The predicted octanol–water partition coefficient (Wildman–Crippen LogP) is 3.55. The van der Waals surface area contributed by atoms with E-state index in [1.165, 1.54) is 7.11 Å². The first-order valence-corrected chi connectivity index (χ1v) is 9.65. The zero-order chi connectivity index (χ0) is 20.3. The number of aromatic amines is 1. The van der Waals surface area contributed by atoms with Gasteiger partial charge in [-0.25, -0.2) is 4.79 Å². The van der Waals surface area contributed by atoms with Gasteiger partial charge in [0, 0.05) is 35.9 Å². The van der Waals surface area contributed by atoms with E-state index in [9.17, 15) is 9.59 Å². The molecule has 7 heteroatoms. The number of halogens is 1. The molecule has 1 aromatic carbocycles. The summed E-state index contributed by atoms with van der Waals surface area (Å²) in [6, 6.07) is 7.77. The summed E-state index contributed by atoms with van der Waals surface area (Å²) >= 11 is 6.04. The average Bonchev–Trinajstić information content (AvgIpc) is 3.01. The molecule has 0 aliphatic carbocycles. The van der Waals surface area contributed by atoms with Crippen LogP contribution in [0.1, 0.15) is 50.5 Å².